The van der Waals surface area contributed by atoms with Crippen LogP contribution >= 0.6 is 0 Å². The van der Waals surface area contributed by atoms with E-state index in [0.717, 1.165) is 16.9 Å². The Morgan fingerprint density at radius 3 is 3.20 bits per heavy atom. The van der Waals surface area contributed by atoms with Gasteiger partial charge in [0.15, 0.2) is 0 Å². The normalized spacial score (nSPS) is 21.3. The van der Waals surface area contributed by atoms with Crippen molar-refractivity contribution in [3.63, 3.8) is 0 Å². The number of nitrogens with zero attached hydrogens (tertiary/aromatic N) is 2. The molecular weight excluding hydrogens is 192 g/mol. The number of aliphatic hydroxyl groups excluding tert-OH is 1. The number of ether oxygens (including phenoxy) is 1. The summed E-state index contributed by atoms with van der Waals surface area (Å²) in [6.07, 6.45) is -0.441. The van der Waals surface area contributed by atoms with Crippen molar-refractivity contribution in [3.05, 3.63) is 30.1 Å². The van der Waals surface area contributed by atoms with E-state index in [1.54, 1.807) is 0 Å². The van der Waals surface area contributed by atoms with Crippen LogP contribution in [0, 0.1) is 0 Å². The van der Waals surface area contributed by atoms with Crippen LogP contribution in [0.25, 0.3) is 11.0 Å². The second-order valence-electron chi connectivity index (χ2n) is 3.80. The first kappa shape index (κ1) is 8.88. The van der Waals surface area contributed by atoms with Crippen LogP contribution in [0.5, 0.6) is 0 Å². The maximum Gasteiger partial charge on any atom is 0.136 e. The van der Waals surface area contributed by atoms with Gasteiger partial charge in [-0.05, 0) is 12.1 Å². The first-order valence-electron chi connectivity index (χ1n) is 5.04. The van der Waals surface area contributed by atoms with Crippen LogP contribution < -0.4 is 0 Å². The second-order valence-corrected chi connectivity index (χ2v) is 3.80. The zero-order valence-electron chi connectivity index (χ0n) is 8.26. The lowest BCUT2D eigenvalue weighted by molar-refractivity contribution is 0.0339. The van der Waals surface area contributed by atoms with Crippen LogP contribution in [0.4, 0.5) is 0 Å². The summed E-state index contributed by atoms with van der Waals surface area (Å²) < 4.78 is 7.36. The molecule has 0 amide bonds. The summed E-state index contributed by atoms with van der Waals surface area (Å²) in [5.41, 5.74) is 2.03. The molecule has 1 aliphatic rings. The molecule has 15 heavy (non-hydrogen) atoms. The molecule has 3 rings (SSSR count). The van der Waals surface area contributed by atoms with Gasteiger partial charge in [-0.2, -0.15) is 0 Å². The van der Waals surface area contributed by atoms with Crippen LogP contribution in [0.1, 0.15) is 5.82 Å². The highest BCUT2D eigenvalue weighted by atomic mass is 16.5. The van der Waals surface area contributed by atoms with Crippen LogP contribution in [0.15, 0.2) is 24.3 Å². The van der Waals surface area contributed by atoms with Crippen molar-refractivity contribution in [2.75, 3.05) is 6.61 Å². The van der Waals surface area contributed by atoms with Gasteiger partial charge in [0.25, 0.3) is 0 Å². The molecule has 0 fully saturated rings. The van der Waals surface area contributed by atoms with Gasteiger partial charge < -0.3 is 14.4 Å². The highest BCUT2D eigenvalue weighted by Gasteiger charge is 2.17. The van der Waals surface area contributed by atoms with E-state index in [0.29, 0.717) is 19.8 Å². The monoisotopic (exact) mass is 204 g/mol. The van der Waals surface area contributed by atoms with Crippen molar-refractivity contribution in [3.8, 4) is 0 Å². The topological polar surface area (TPSA) is 47.3 Å². The molecule has 0 unspecified atom stereocenters. The molecule has 0 radical (unpaired) electrons. The van der Waals surface area contributed by atoms with Crippen LogP contribution in [0.2, 0.25) is 0 Å². The molecule has 1 N–H and O–H groups in total. The molecule has 1 atom stereocenters. The van der Waals surface area contributed by atoms with Gasteiger partial charge in [-0.15, -0.1) is 0 Å². The number of aromatic nitrogens is 2. The Morgan fingerprint density at radius 1 is 1.40 bits per heavy atom. The van der Waals surface area contributed by atoms with Gasteiger partial charge in [0, 0.05) is 0 Å². The van der Waals surface area contributed by atoms with Gasteiger partial charge >= 0.3 is 0 Å². The summed E-state index contributed by atoms with van der Waals surface area (Å²) in [7, 11) is 0. The largest absolute Gasteiger partial charge is 0.389 e. The van der Waals surface area contributed by atoms with Crippen molar-refractivity contribution in [1.82, 2.24) is 9.55 Å². The predicted octanol–water partition coefficient (Wildman–Crippen LogP) is 0.927. The third-order valence-electron chi connectivity index (χ3n) is 2.67. The summed E-state index contributed by atoms with van der Waals surface area (Å²) in [6.45, 7) is 1.43. The lowest BCUT2D eigenvalue weighted by Gasteiger charge is -2.07. The predicted molar refractivity (Wildman–Crippen MR) is 55.4 cm³/mol. The highest BCUT2D eigenvalue weighted by molar-refractivity contribution is 5.75. The van der Waals surface area contributed by atoms with E-state index in [1.165, 1.54) is 0 Å². The van der Waals surface area contributed by atoms with E-state index in [2.05, 4.69) is 4.98 Å². The zero-order chi connectivity index (χ0) is 10.3. The first-order chi connectivity index (χ1) is 7.34. The molecule has 0 aliphatic carbocycles. The van der Waals surface area contributed by atoms with E-state index in [-0.39, 0.29) is 0 Å². The third-order valence-corrected chi connectivity index (χ3v) is 2.67. The van der Waals surface area contributed by atoms with Gasteiger partial charge in [-0.3, -0.25) is 0 Å². The molecule has 0 spiro atoms. The van der Waals surface area contributed by atoms with E-state index in [9.17, 15) is 5.11 Å². The summed E-state index contributed by atoms with van der Waals surface area (Å²) in [6, 6.07) is 7.94. The maximum atomic E-state index is 9.64. The highest BCUT2D eigenvalue weighted by Crippen LogP contribution is 2.19. The summed E-state index contributed by atoms with van der Waals surface area (Å²) >= 11 is 0. The molecular formula is C11H12N2O2. The van der Waals surface area contributed by atoms with Crippen molar-refractivity contribution in [2.45, 2.75) is 19.3 Å². The van der Waals surface area contributed by atoms with E-state index in [4.69, 9.17) is 4.74 Å². The SMILES string of the molecule is O[C@H]1COCc2nc3ccccc3n2C1. The Bertz CT molecular complexity index is 492. The van der Waals surface area contributed by atoms with Crippen LogP contribution in [-0.4, -0.2) is 27.4 Å². The number of benzene rings is 1. The van der Waals surface area contributed by atoms with Crippen molar-refractivity contribution in [2.24, 2.45) is 0 Å². The van der Waals surface area contributed by atoms with Gasteiger partial charge in [0.05, 0.1) is 30.3 Å². The van der Waals surface area contributed by atoms with Crippen LogP contribution in [-0.2, 0) is 17.9 Å². The quantitative estimate of drug-likeness (QED) is 0.694. The molecule has 0 saturated carbocycles. The minimum atomic E-state index is -0.441. The van der Waals surface area contributed by atoms with Crippen LogP contribution in [0.3, 0.4) is 0 Å². The summed E-state index contributed by atoms with van der Waals surface area (Å²) in [5.74, 6) is 0.896. The lowest BCUT2D eigenvalue weighted by Crippen LogP contribution is -2.18. The number of imidazole rings is 1. The molecule has 4 nitrogen and oxygen atoms in total. The zero-order valence-corrected chi connectivity index (χ0v) is 8.26. The van der Waals surface area contributed by atoms with Crippen molar-refractivity contribution < 1.29 is 9.84 Å². The lowest BCUT2D eigenvalue weighted by atomic mass is 10.3. The molecule has 0 bridgehead atoms. The fourth-order valence-corrected chi connectivity index (χ4v) is 1.99. The number of rotatable bonds is 0. The fourth-order valence-electron chi connectivity index (χ4n) is 1.99. The molecule has 78 valence electrons. The fraction of sp³-hybridized carbons (Fsp3) is 0.364. The summed E-state index contributed by atoms with van der Waals surface area (Å²) in [4.78, 5) is 4.47. The number of aliphatic hydroxyl groups is 1. The van der Waals surface area contributed by atoms with Gasteiger partial charge in [-0.25, -0.2) is 4.98 Å². The molecule has 1 aliphatic heterocycles. The molecule has 2 heterocycles. The Morgan fingerprint density at radius 2 is 2.27 bits per heavy atom. The minimum absolute atomic E-state index is 0.387. The smallest absolute Gasteiger partial charge is 0.136 e. The maximum absolute atomic E-state index is 9.64. The Balaban J connectivity index is 2.20. The molecule has 1 aromatic carbocycles. The van der Waals surface area contributed by atoms with E-state index < -0.39 is 6.10 Å². The molecule has 4 heteroatoms. The third kappa shape index (κ3) is 1.42. The van der Waals surface area contributed by atoms with E-state index in [1.807, 2.05) is 28.8 Å². The molecule has 1 aromatic heterocycles. The van der Waals surface area contributed by atoms with Gasteiger partial charge in [-0.1, -0.05) is 12.1 Å². The number of hydrogen-bond acceptors (Lipinski definition) is 3. The molecule has 2 aromatic rings. The standard InChI is InChI=1S/C11H12N2O2/c14-8-5-13-10-4-2-1-3-9(10)12-11(13)7-15-6-8/h1-4,8,14H,5-7H2/t8-/m1/s1. The second kappa shape index (κ2) is 3.32. The number of para-hydroxylation sites is 2. The number of fused-ring (bicyclic) bond motifs is 3. The van der Waals surface area contributed by atoms with Gasteiger partial charge in [0.1, 0.15) is 12.4 Å². The van der Waals surface area contributed by atoms with E-state index >= 15 is 0 Å². The Hall–Kier alpha value is -1.39. The van der Waals surface area contributed by atoms with Crippen molar-refractivity contribution in [1.29, 1.82) is 0 Å². The molecule has 0 saturated heterocycles. The Labute approximate surface area is 87.1 Å². The Kier molecular flexibility index (Phi) is 1.97. The minimum Gasteiger partial charge on any atom is -0.389 e. The first-order valence-corrected chi connectivity index (χ1v) is 5.04. The van der Waals surface area contributed by atoms with Gasteiger partial charge in [0.2, 0.25) is 0 Å². The number of hydrogen-bond donors (Lipinski definition) is 1. The average Bonchev–Trinajstić information content (AvgIpc) is 2.47. The summed E-state index contributed by atoms with van der Waals surface area (Å²) in [5, 5.41) is 9.64. The van der Waals surface area contributed by atoms with Crippen molar-refractivity contribution >= 4 is 11.0 Å². The average molecular weight is 204 g/mol.